The molecule has 0 saturated carbocycles. The summed E-state index contributed by atoms with van der Waals surface area (Å²) in [6, 6.07) is 51.9. The van der Waals surface area contributed by atoms with Crippen molar-refractivity contribution in [3.05, 3.63) is 172 Å². The van der Waals surface area contributed by atoms with Gasteiger partial charge in [-0.3, -0.25) is 0 Å². The second-order valence-corrected chi connectivity index (χ2v) is 27.1. The molecule has 0 unspecified atom stereocenters. The summed E-state index contributed by atoms with van der Waals surface area (Å²) < 4.78 is 5.33. The van der Waals surface area contributed by atoms with Crippen LogP contribution in [0.2, 0.25) is 0 Å². The first-order valence-corrected chi connectivity index (χ1v) is 28.8. The van der Waals surface area contributed by atoms with Crippen LogP contribution in [0, 0.1) is 27.7 Å². The Morgan fingerprint density at radius 2 is 0.875 bits per heavy atom. The van der Waals surface area contributed by atoms with Crippen LogP contribution >= 0.6 is 45.3 Å². The minimum Gasteiger partial charge on any atom is -0.302 e. The van der Waals surface area contributed by atoms with Crippen LogP contribution in [0.1, 0.15) is 100 Å². The Kier molecular flexibility index (Phi) is 10.4. The molecule has 0 bridgehead atoms. The van der Waals surface area contributed by atoms with E-state index in [0.717, 1.165) is 0 Å². The van der Waals surface area contributed by atoms with Crippen LogP contribution in [0.5, 0.6) is 0 Å². The molecule has 2 aliphatic rings. The number of rotatable bonds is 5. The maximum absolute atomic E-state index is 2.74. The van der Waals surface area contributed by atoms with Crippen LogP contribution in [0.15, 0.2) is 133 Å². The number of fused-ring (bicyclic) bond motifs is 10. The van der Waals surface area contributed by atoms with Crippen molar-refractivity contribution in [3.63, 3.8) is 0 Å². The van der Waals surface area contributed by atoms with Crippen LogP contribution in [0.4, 0.5) is 32.8 Å². The van der Waals surface area contributed by atoms with E-state index in [1.165, 1.54) is 149 Å². The van der Waals surface area contributed by atoms with Gasteiger partial charge in [0.25, 0.3) is 6.71 Å². The first-order chi connectivity index (χ1) is 34.4. The molecule has 2 aliphatic heterocycles. The Morgan fingerprint density at radius 3 is 1.28 bits per heavy atom. The predicted molar refractivity (Wildman–Crippen MR) is 323 cm³/mol. The summed E-state index contributed by atoms with van der Waals surface area (Å²) >= 11 is 7.78. The monoisotopic (exact) mass is 1010 g/mol. The van der Waals surface area contributed by atoms with Gasteiger partial charge in [-0.15, -0.1) is 45.3 Å². The quantitative estimate of drug-likeness (QED) is 0.159. The zero-order chi connectivity index (χ0) is 49.9. The Balaban J connectivity index is 1.18. The van der Waals surface area contributed by atoms with Crippen LogP contribution in [0.25, 0.3) is 61.2 Å². The van der Waals surface area contributed by atoms with Crippen molar-refractivity contribution in [1.82, 2.24) is 0 Å². The molecule has 4 aromatic heterocycles. The van der Waals surface area contributed by atoms with E-state index < -0.39 is 0 Å². The van der Waals surface area contributed by atoms with E-state index in [0.29, 0.717) is 5.92 Å². The zero-order valence-corrected chi connectivity index (χ0v) is 46.6. The molecule has 0 spiro atoms. The summed E-state index contributed by atoms with van der Waals surface area (Å²) in [4.78, 5) is 8.11. The minimum atomic E-state index is -0.0158. The van der Waals surface area contributed by atoms with E-state index in [1.54, 1.807) is 0 Å². The molecule has 0 fully saturated rings. The van der Waals surface area contributed by atoms with E-state index in [9.17, 15) is 0 Å². The molecular formula is C65H59BN2S4. The first kappa shape index (κ1) is 45.9. The van der Waals surface area contributed by atoms with Crippen molar-refractivity contribution in [1.29, 1.82) is 0 Å². The number of thiophene rings is 4. The van der Waals surface area contributed by atoms with Crippen LogP contribution < -0.4 is 26.2 Å². The smallest absolute Gasteiger partial charge is 0.256 e. The number of anilines is 6. The van der Waals surface area contributed by atoms with Crippen LogP contribution in [-0.4, -0.2) is 6.71 Å². The summed E-state index contributed by atoms with van der Waals surface area (Å²) in [5, 5.41) is 8.03. The van der Waals surface area contributed by atoms with E-state index in [-0.39, 0.29) is 17.5 Å². The van der Waals surface area contributed by atoms with Gasteiger partial charge in [-0.05, 0) is 181 Å². The third-order valence-electron chi connectivity index (χ3n) is 15.8. The highest BCUT2D eigenvalue weighted by Gasteiger charge is 2.48. The minimum absolute atomic E-state index is 0.000529. The lowest BCUT2D eigenvalue weighted by atomic mass is 9.33. The summed E-state index contributed by atoms with van der Waals surface area (Å²) in [5.74, 6) is 0.296. The molecule has 0 N–H and O–H groups in total. The van der Waals surface area contributed by atoms with E-state index in [2.05, 4.69) is 226 Å². The number of nitrogens with zero attached hydrogens (tertiary/aromatic N) is 2. The SMILES string of the molecule is Cc1ccc(-c2cc3ccccc3s2)c(C)c1N1c2cc(C(C)C)cc3c2B(c2c1sc1ccc(C(C)(C)C)cc21)c1c(sc2ccc(C(C)(C)C)cc12)N3c1c(C)ccc(-c2cc3ccccc3s2)c1C. The third-order valence-corrected chi connectivity index (χ3v) is 20.5. The molecule has 6 heterocycles. The second kappa shape index (κ2) is 16.3. The highest BCUT2D eigenvalue weighted by atomic mass is 32.1. The Morgan fingerprint density at radius 1 is 0.444 bits per heavy atom. The molecule has 13 rings (SSSR count). The molecule has 0 amide bonds. The number of benzene rings is 7. The number of hydrogen-bond donors (Lipinski definition) is 0. The fraction of sp³-hybridized carbons (Fsp3) is 0.231. The van der Waals surface area contributed by atoms with Gasteiger partial charge in [-0.2, -0.15) is 0 Å². The molecule has 0 atom stereocenters. The van der Waals surface area contributed by atoms with E-state index >= 15 is 0 Å². The molecule has 0 saturated heterocycles. The lowest BCUT2D eigenvalue weighted by molar-refractivity contribution is 0.591. The van der Waals surface area contributed by atoms with Crippen molar-refractivity contribution in [2.45, 2.75) is 99.8 Å². The topological polar surface area (TPSA) is 6.48 Å². The van der Waals surface area contributed by atoms with Crippen molar-refractivity contribution in [2.24, 2.45) is 0 Å². The van der Waals surface area contributed by atoms with Crippen molar-refractivity contribution < 1.29 is 0 Å². The Hall–Kier alpha value is -5.96. The van der Waals surface area contributed by atoms with Gasteiger partial charge in [0.2, 0.25) is 0 Å². The summed E-state index contributed by atoms with van der Waals surface area (Å²) in [5.41, 5.74) is 21.3. The lowest BCUT2D eigenvalue weighted by Gasteiger charge is -2.44. The normalized spacial score (nSPS) is 13.6. The molecule has 0 aliphatic carbocycles. The largest absolute Gasteiger partial charge is 0.302 e. The van der Waals surface area contributed by atoms with Crippen LogP contribution in [-0.2, 0) is 10.8 Å². The molecule has 356 valence electrons. The van der Waals surface area contributed by atoms with Gasteiger partial charge in [0.15, 0.2) is 0 Å². The van der Waals surface area contributed by atoms with Gasteiger partial charge in [-0.25, -0.2) is 0 Å². The maximum Gasteiger partial charge on any atom is 0.256 e. The first-order valence-electron chi connectivity index (χ1n) is 25.5. The molecular weight excluding hydrogens is 948 g/mol. The molecule has 11 aromatic rings. The second-order valence-electron chi connectivity index (χ2n) is 22.9. The maximum atomic E-state index is 2.74. The Labute approximate surface area is 441 Å². The average Bonchev–Trinajstić information content (AvgIpc) is 4.14. The van der Waals surface area contributed by atoms with Crippen LogP contribution in [0.3, 0.4) is 0 Å². The zero-order valence-electron chi connectivity index (χ0n) is 43.4. The molecule has 2 nitrogen and oxygen atoms in total. The van der Waals surface area contributed by atoms with Gasteiger partial charge in [-0.1, -0.05) is 140 Å². The van der Waals surface area contributed by atoms with E-state index in [4.69, 9.17) is 0 Å². The fourth-order valence-corrected chi connectivity index (χ4v) is 16.7. The standard InChI is InChI=1S/C65H59BN2S4/c1-35(2)42-29-49-59-50(30-42)68(61-37(4)22-26-46(39(61)6)56-32-41-18-14-16-20-52(41)70-56)63-58(48-34-44(65(10,11)12)24-28-54(48)72-63)66(59)57-47-33-43(64(7,8)9)23-27-53(47)71-62(57)67(49)60-36(3)21-25-45(38(60)5)55-31-40-17-13-15-19-51(40)69-55/h13-35H,1-12H3. The number of hydrogen-bond acceptors (Lipinski definition) is 6. The summed E-state index contributed by atoms with van der Waals surface area (Å²) in [6.45, 7) is 28.4. The molecule has 7 heteroatoms. The number of aryl methyl sites for hydroxylation is 2. The van der Waals surface area contributed by atoms with Gasteiger partial charge in [0.05, 0.1) is 21.4 Å². The summed E-state index contributed by atoms with van der Waals surface area (Å²) in [7, 11) is 0. The van der Waals surface area contributed by atoms with Crippen molar-refractivity contribution in [3.8, 4) is 20.9 Å². The summed E-state index contributed by atoms with van der Waals surface area (Å²) in [6.07, 6.45) is 0. The van der Waals surface area contributed by atoms with Crippen molar-refractivity contribution in [2.75, 3.05) is 9.80 Å². The molecule has 72 heavy (non-hydrogen) atoms. The van der Waals surface area contributed by atoms with Gasteiger partial charge < -0.3 is 9.80 Å². The Bertz CT molecular complexity index is 3750. The molecule has 0 radical (unpaired) electrons. The fourth-order valence-electron chi connectivity index (χ4n) is 11.9. The predicted octanol–water partition coefficient (Wildman–Crippen LogP) is 18.9. The highest BCUT2D eigenvalue weighted by Crippen LogP contribution is 2.55. The van der Waals surface area contributed by atoms with Gasteiger partial charge >= 0.3 is 0 Å². The van der Waals surface area contributed by atoms with E-state index in [1.807, 2.05) is 45.3 Å². The molecule has 7 aromatic carbocycles. The van der Waals surface area contributed by atoms with Gasteiger partial charge in [0.1, 0.15) is 0 Å². The average molecular weight is 1010 g/mol. The van der Waals surface area contributed by atoms with Gasteiger partial charge in [0, 0.05) is 39.9 Å². The third kappa shape index (κ3) is 6.90. The lowest BCUT2D eigenvalue weighted by Crippen LogP contribution is -2.60. The highest BCUT2D eigenvalue weighted by molar-refractivity contribution is 7.29. The van der Waals surface area contributed by atoms with Crippen molar-refractivity contribution >= 4 is 142 Å².